The molecule has 146 valence electrons. The number of hydrogen-bond donors (Lipinski definition) is 1. The van der Waals surface area contributed by atoms with Crippen LogP contribution >= 0.6 is 0 Å². The summed E-state index contributed by atoms with van der Waals surface area (Å²) >= 11 is 0. The molecule has 1 aliphatic heterocycles. The van der Waals surface area contributed by atoms with Crippen LogP contribution < -0.4 is 10.1 Å². The second-order valence-electron chi connectivity index (χ2n) is 7.41. The van der Waals surface area contributed by atoms with Gasteiger partial charge in [0.2, 0.25) is 0 Å². The van der Waals surface area contributed by atoms with Crippen LogP contribution in [0.5, 0.6) is 5.75 Å². The second kappa shape index (κ2) is 7.50. The van der Waals surface area contributed by atoms with Gasteiger partial charge in [0.25, 0.3) is 0 Å². The van der Waals surface area contributed by atoms with E-state index in [-0.39, 0.29) is 18.1 Å². The molecule has 1 aromatic carbocycles. The van der Waals surface area contributed by atoms with E-state index in [1.807, 2.05) is 55.3 Å². The third-order valence-corrected chi connectivity index (χ3v) is 5.08. The van der Waals surface area contributed by atoms with E-state index in [1.54, 1.807) is 11.6 Å². The molecular formula is C21H25N5O2. The lowest BCUT2D eigenvalue weighted by molar-refractivity contribution is 0.190. The van der Waals surface area contributed by atoms with Crippen molar-refractivity contribution >= 4 is 11.5 Å². The van der Waals surface area contributed by atoms with Crippen LogP contribution in [-0.2, 0) is 0 Å². The number of ether oxygens (including phenoxy) is 1. The second-order valence-corrected chi connectivity index (χ2v) is 7.41. The first-order valence-electron chi connectivity index (χ1n) is 9.63. The van der Waals surface area contributed by atoms with E-state index in [0.717, 1.165) is 47.5 Å². The zero-order valence-electron chi connectivity index (χ0n) is 16.4. The number of rotatable bonds is 4. The van der Waals surface area contributed by atoms with Gasteiger partial charge < -0.3 is 15.0 Å². The Kier molecular flexibility index (Phi) is 4.90. The van der Waals surface area contributed by atoms with E-state index in [1.165, 1.54) is 0 Å². The Balaban J connectivity index is 1.65. The molecule has 1 N–H and O–H groups in total. The summed E-state index contributed by atoms with van der Waals surface area (Å²) in [6, 6.07) is 12.0. The molecule has 0 saturated carbocycles. The van der Waals surface area contributed by atoms with E-state index in [2.05, 4.69) is 21.7 Å². The van der Waals surface area contributed by atoms with Crippen LogP contribution in [0.15, 0.2) is 42.6 Å². The molecule has 3 heterocycles. The first-order chi connectivity index (χ1) is 13.6. The number of likely N-dealkylation sites (tertiary alicyclic amines) is 1. The summed E-state index contributed by atoms with van der Waals surface area (Å²) in [4.78, 5) is 14.4. The molecule has 2 aromatic heterocycles. The van der Waals surface area contributed by atoms with Gasteiger partial charge in [-0.05, 0) is 50.5 Å². The number of benzene rings is 1. The predicted octanol–water partition coefficient (Wildman–Crippen LogP) is 3.66. The lowest BCUT2D eigenvalue weighted by atomic mass is 10.1. The lowest BCUT2D eigenvalue weighted by Gasteiger charge is -2.24. The number of pyridine rings is 1. The number of hydrogen-bond acceptors (Lipinski definition) is 4. The molecule has 2 amide bonds. The Labute approximate surface area is 164 Å². The van der Waals surface area contributed by atoms with Crippen LogP contribution in [0.1, 0.15) is 38.4 Å². The van der Waals surface area contributed by atoms with Crippen molar-refractivity contribution in [3.63, 3.8) is 0 Å². The highest BCUT2D eigenvalue weighted by Gasteiger charge is 2.33. The molecule has 28 heavy (non-hydrogen) atoms. The minimum absolute atomic E-state index is 0.0355. The van der Waals surface area contributed by atoms with Gasteiger partial charge in [-0.2, -0.15) is 0 Å². The van der Waals surface area contributed by atoms with Gasteiger partial charge in [-0.3, -0.25) is 0 Å². The Morgan fingerprint density at radius 3 is 2.89 bits per heavy atom. The highest BCUT2D eigenvalue weighted by atomic mass is 16.5. The quantitative estimate of drug-likeness (QED) is 0.751. The summed E-state index contributed by atoms with van der Waals surface area (Å²) in [7, 11) is 1.66. The molecule has 1 atom stereocenters. The summed E-state index contributed by atoms with van der Waals surface area (Å²) in [5, 5.41) is 11.7. The van der Waals surface area contributed by atoms with Crippen LogP contribution in [0.3, 0.4) is 0 Å². The number of carbonyl (C=O) groups is 1. The molecule has 0 bridgehead atoms. The van der Waals surface area contributed by atoms with E-state index in [0.29, 0.717) is 0 Å². The van der Waals surface area contributed by atoms with Crippen LogP contribution in [0.4, 0.5) is 4.79 Å². The minimum atomic E-state index is -0.0427. The van der Waals surface area contributed by atoms with Crippen LogP contribution in [0, 0.1) is 0 Å². The molecule has 1 fully saturated rings. The monoisotopic (exact) mass is 379 g/mol. The summed E-state index contributed by atoms with van der Waals surface area (Å²) in [6.07, 6.45) is 3.84. The minimum Gasteiger partial charge on any atom is -0.497 e. The highest BCUT2D eigenvalue weighted by Crippen LogP contribution is 2.33. The number of nitrogens with one attached hydrogen (secondary N) is 1. The fourth-order valence-corrected chi connectivity index (χ4v) is 3.75. The highest BCUT2D eigenvalue weighted by molar-refractivity contribution is 5.76. The van der Waals surface area contributed by atoms with E-state index in [4.69, 9.17) is 4.74 Å². The van der Waals surface area contributed by atoms with Crippen molar-refractivity contribution in [3.8, 4) is 16.9 Å². The van der Waals surface area contributed by atoms with Crippen LogP contribution in [0.2, 0.25) is 0 Å². The molecule has 0 radical (unpaired) electrons. The number of fused-ring (bicyclic) bond motifs is 1. The van der Waals surface area contributed by atoms with Crippen molar-refractivity contribution in [2.75, 3.05) is 13.7 Å². The zero-order valence-corrected chi connectivity index (χ0v) is 16.4. The average Bonchev–Trinajstić information content (AvgIpc) is 3.33. The third-order valence-electron chi connectivity index (χ3n) is 5.08. The van der Waals surface area contributed by atoms with Gasteiger partial charge in [0, 0.05) is 24.3 Å². The molecule has 7 heteroatoms. The topological polar surface area (TPSA) is 71.8 Å². The summed E-state index contributed by atoms with van der Waals surface area (Å²) < 4.78 is 7.11. The zero-order chi connectivity index (χ0) is 19.7. The summed E-state index contributed by atoms with van der Waals surface area (Å²) in [6.45, 7) is 4.68. The largest absolute Gasteiger partial charge is 0.497 e. The molecule has 4 rings (SSSR count). The van der Waals surface area contributed by atoms with E-state index in [9.17, 15) is 4.79 Å². The molecule has 1 saturated heterocycles. The van der Waals surface area contributed by atoms with Crippen LogP contribution in [0.25, 0.3) is 16.6 Å². The van der Waals surface area contributed by atoms with Crippen molar-refractivity contribution in [2.24, 2.45) is 0 Å². The molecule has 0 unspecified atom stereocenters. The van der Waals surface area contributed by atoms with Crippen LogP contribution in [-0.4, -0.2) is 45.5 Å². The van der Waals surface area contributed by atoms with Crippen molar-refractivity contribution in [1.82, 2.24) is 25.0 Å². The fraction of sp³-hybridized carbons (Fsp3) is 0.381. The maximum atomic E-state index is 12.5. The summed E-state index contributed by atoms with van der Waals surface area (Å²) in [5.41, 5.74) is 3.87. The Morgan fingerprint density at radius 1 is 1.25 bits per heavy atom. The lowest BCUT2D eigenvalue weighted by Crippen LogP contribution is -2.42. The molecule has 0 spiro atoms. The molecular weight excluding hydrogens is 354 g/mol. The number of methoxy groups -OCH3 is 1. The molecule has 7 nitrogen and oxygen atoms in total. The predicted molar refractivity (Wildman–Crippen MR) is 107 cm³/mol. The van der Waals surface area contributed by atoms with Gasteiger partial charge >= 0.3 is 6.03 Å². The van der Waals surface area contributed by atoms with Crippen molar-refractivity contribution < 1.29 is 9.53 Å². The first-order valence-corrected chi connectivity index (χ1v) is 9.63. The van der Waals surface area contributed by atoms with Crippen molar-refractivity contribution in [3.05, 3.63) is 48.3 Å². The first kappa shape index (κ1) is 18.3. The number of amides is 2. The smallest absolute Gasteiger partial charge is 0.318 e. The van der Waals surface area contributed by atoms with E-state index < -0.39 is 0 Å². The molecule has 0 aliphatic carbocycles. The Bertz CT molecular complexity index is 997. The van der Waals surface area contributed by atoms with Gasteiger partial charge in [0.05, 0.1) is 18.7 Å². The van der Waals surface area contributed by atoms with Gasteiger partial charge in [0.1, 0.15) is 11.4 Å². The maximum absolute atomic E-state index is 12.5. The normalized spacial score (nSPS) is 16.7. The van der Waals surface area contributed by atoms with Crippen molar-refractivity contribution in [2.45, 2.75) is 38.8 Å². The SMILES string of the molecule is COc1cccc(-c2ccc3c([C@H]4CCCN4C(=O)NC(C)C)nnn3c2)c1. The standard InChI is InChI=1S/C21H25N5O2/c1-14(2)22-21(27)25-11-5-8-18(25)20-19-10-9-16(13-26(19)24-23-20)15-6-4-7-17(12-15)28-3/h4,6-7,9-10,12-14,18H,5,8,11H2,1-3H3,(H,22,27)/t18-/m1/s1. The van der Waals surface area contributed by atoms with Crippen molar-refractivity contribution in [1.29, 1.82) is 0 Å². The van der Waals surface area contributed by atoms with Gasteiger partial charge in [0.15, 0.2) is 0 Å². The van der Waals surface area contributed by atoms with E-state index >= 15 is 0 Å². The number of urea groups is 1. The Morgan fingerprint density at radius 2 is 2.11 bits per heavy atom. The number of carbonyl (C=O) groups excluding carboxylic acids is 1. The number of aromatic nitrogens is 3. The molecule has 1 aliphatic rings. The fourth-order valence-electron chi connectivity index (χ4n) is 3.75. The maximum Gasteiger partial charge on any atom is 0.318 e. The van der Waals surface area contributed by atoms with Gasteiger partial charge in [-0.25, -0.2) is 9.31 Å². The number of nitrogens with zero attached hydrogens (tertiary/aromatic N) is 4. The third kappa shape index (κ3) is 3.40. The average molecular weight is 379 g/mol. The molecule has 3 aromatic rings. The summed E-state index contributed by atoms with van der Waals surface area (Å²) in [5.74, 6) is 0.814. The van der Waals surface area contributed by atoms with Gasteiger partial charge in [-0.15, -0.1) is 5.10 Å². The Hall–Kier alpha value is -3.09. The van der Waals surface area contributed by atoms with Gasteiger partial charge in [-0.1, -0.05) is 23.4 Å².